The summed E-state index contributed by atoms with van der Waals surface area (Å²) in [7, 11) is 0. The molecule has 1 aromatic heterocycles. The molecule has 3 heteroatoms. The molecule has 3 nitrogen and oxygen atoms in total. The summed E-state index contributed by atoms with van der Waals surface area (Å²) in [5, 5.41) is 0.971. The van der Waals surface area contributed by atoms with Crippen molar-refractivity contribution < 1.29 is 9.53 Å². The van der Waals surface area contributed by atoms with Crippen LogP contribution in [0.4, 0.5) is 0 Å². The average molecular weight is 229 g/mol. The number of nitrogens with zero attached hydrogens (tertiary/aromatic N) is 1. The number of carbonyl (C=O) groups excluding carboxylic acids is 1. The number of carbonyl (C=O) groups is 1. The second-order valence-corrected chi connectivity index (χ2v) is 4.06. The molecule has 0 radical (unpaired) electrons. The van der Waals surface area contributed by atoms with E-state index in [0.717, 1.165) is 17.2 Å². The van der Waals surface area contributed by atoms with Crippen LogP contribution in [0.2, 0.25) is 0 Å². The highest BCUT2D eigenvalue weighted by atomic mass is 16.5. The zero-order chi connectivity index (χ0) is 12.4. The number of aryl methyl sites for hydroxylation is 2. The van der Waals surface area contributed by atoms with Crippen molar-refractivity contribution in [1.29, 1.82) is 0 Å². The van der Waals surface area contributed by atoms with Crippen LogP contribution in [0, 0.1) is 13.8 Å². The Balaban J connectivity index is 2.69. The maximum Gasteiger partial charge on any atom is 0.224 e. The molecular formula is C14H15NO2. The molecule has 0 bridgehead atoms. The highest BCUT2D eigenvalue weighted by molar-refractivity contribution is 5.89. The third-order valence-electron chi connectivity index (χ3n) is 2.83. The standard InChI is InChI=1S/C14H15NO2/c1-4-17-14-12(8-16)7-11-5-9(2)10(3)6-13(11)15-14/h5-8H,4H2,1-3H3. The summed E-state index contributed by atoms with van der Waals surface area (Å²) in [6.45, 7) is 6.47. The van der Waals surface area contributed by atoms with Gasteiger partial charge in [-0.1, -0.05) is 0 Å². The molecule has 0 atom stereocenters. The number of aldehydes is 1. The van der Waals surface area contributed by atoms with Crippen molar-refractivity contribution in [2.45, 2.75) is 20.8 Å². The van der Waals surface area contributed by atoms with Gasteiger partial charge in [0.1, 0.15) is 0 Å². The monoisotopic (exact) mass is 229 g/mol. The van der Waals surface area contributed by atoms with Crippen molar-refractivity contribution in [2.24, 2.45) is 0 Å². The minimum atomic E-state index is 0.415. The SMILES string of the molecule is CCOc1nc2cc(C)c(C)cc2cc1C=O. The van der Waals surface area contributed by atoms with E-state index in [4.69, 9.17) is 4.74 Å². The Morgan fingerprint density at radius 2 is 1.94 bits per heavy atom. The third kappa shape index (κ3) is 2.13. The second-order valence-electron chi connectivity index (χ2n) is 4.06. The zero-order valence-corrected chi connectivity index (χ0v) is 10.3. The third-order valence-corrected chi connectivity index (χ3v) is 2.83. The lowest BCUT2D eigenvalue weighted by atomic mass is 10.1. The van der Waals surface area contributed by atoms with Crippen molar-refractivity contribution in [3.63, 3.8) is 0 Å². The van der Waals surface area contributed by atoms with Crippen LogP contribution in [-0.4, -0.2) is 17.9 Å². The normalized spacial score (nSPS) is 10.5. The molecule has 0 aliphatic heterocycles. The molecule has 0 amide bonds. The topological polar surface area (TPSA) is 39.2 Å². The van der Waals surface area contributed by atoms with Crippen LogP contribution in [0.15, 0.2) is 18.2 Å². The van der Waals surface area contributed by atoms with Crippen LogP contribution < -0.4 is 4.74 Å². The number of aromatic nitrogens is 1. The van der Waals surface area contributed by atoms with E-state index < -0.39 is 0 Å². The lowest BCUT2D eigenvalue weighted by Crippen LogP contribution is -1.99. The van der Waals surface area contributed by atoms with Crippen LogP contribution in [0.1, 0.15) is 28.4 Å². The first-order chi connectivity index (χ1) is 8.15. The highest BCUT2D eigenvalue weighted by Crippen LogP contribution is 2.23. The van der Waals surface area contributed by atoms with E-state index in [0.29, 0.717) is 18.1 Å². The summed E-state index contributed by atoms with van der Waals surface area (Å²) in [5.74, 6) is 0.415. The molecule has 0 aliphatic rings. The Hall–Kier alpha value is -1.90. The molecule has 0 spiro atoms. The molecule has 0 saturated carbocycles. The summed E-state index contributed by atoms with van der Waals surface area (Å²) in [6.07, 6.45) is 0.784. The Kier molecular flexibility index (Phi) is 3.09. The minimum absolute atomic E-state index is 0.415. The van der Waals surface area contributed by atoms with Gasteiger partial charge in [-0.15, -0.1) is 0 Å². The van der Waals surface area contributed by atoms with Gasteiger partial charge in [-0.2, -0.15) is 0 Å². The second kappa shape index (κ2) is 4.53. The number of rotatable bonds is 3. The summed E-state index contributed by atoms with van der Waals surface area (Å²) in [5.41, 5.74) is 3.75. The summed E-state index contributed by atoms with van der Waals surface area (Å²) in [4.78, 5) is 15.4. The lowest BCUT2D eigenvalue weighted by molar-refractivity contribution is 0.111. The number of fused-ring (bicyclic) bond motifs is 1. The van der Waals surface area contributed by atoms with Crippen molar-refractivity contribution in [2.75, 3.05) is 6.61 Å². The van der Waals surface area contributed by atoms with Crippen LogP contribution in [0.3, 0.4) is 0 Å². The van der Waals surface area contributed by atoms with E-state index in [-0.39, 0.29) is 0 Å². The molecule has 0 N–H and O–H groups in total. The zero-order valence-electron chi connectivity index (χ0n) is 10.3. The highest BCUT2D eigenvalue weighted by Gasteiger charge is 2.08. The van der Waals surface area contributed by atoms with Crippen molar-refractivity contribution in [3.05, 3.63) is 34.9 Å². The molecule has 1 heterocycles. The molecule has 1 aromatic carbocycles. The van der Waals surface area contributed by atoms with E-state index in [1.165, 1.54) is 11.1 Å². The quantitative estimate of drug-likeness (QED) is 0.759. The fraction of sp³-hybridized carbons (Fsp3) is 0.286. The first-order valence-corrected chi connectivity index (χ1v) is 5.65. The van der Waals surface area contributed by atoms with Gasteiger partial charge in [-0.05, 0) is 50.1 Å². The Morgan fingerprint density at radius 1 is 1.24 bits per heavy atom. The van der Waals surface area contributed by atoms with Crippen LogP contribution in [0.25, 0.3) is 10.9 Å². The molecular weight excluding hydrogens is 214 g/mol. The number of pyridine rings is 1. The number of ether oxygens (including phenoxy) is 1. The van der Waals surface area contributed by atoms with E-state index in [2.05, 4.69) is 4.98 Å². The predicted molar refractivity (Wildman–Crippen MR) is 67.8 cm³/mol. The first-order valence-electron chi connectivity index (χ1n) is 5.65. The summed E-state index contributed by atoms with van der Waals surface area (Å²) in [6, 6.07) is 5.88. The van der Waals surface area contributed by atoms with E-state index >= 15 is 0 Å². The van der Waals surface area contributed by atoms with Gasteiger partial charge >= 0.3 is 0 Å². The Bertz CT molecular complexity index is 576. The van der Waals surface area contributed by atoms with Crippen molar-refractivity contribution in [1.82, 2.24) is 4.98 Å². The summed E-state index contributed by atoms with van der Waals surface area (Å²) < 4.78 is 5.36. The van der Waals surface area contributed by atoms with Gasteiger partial charge in [0.15, 0.2) is 6.29 Å². The molecule has 0 unspecified atom stereocenters. The van der Waals surface area contributed by atoms with Gasteiger partial charge in [0, 0.05) is 5.39 Å². The molecule has 88 valence electrons. The van der Waals surface area contributed by atoms with Gasteiger partial charge in [0.25, 0.3) is 0 Å². The average Bonchev–Trinajstić information content (AvgIpc) is 2.31. The van der Waals surface area contributed by atoms with Crippen LogP contribution in [0.5, 0.6) is 5.88 Å². The fourth-order valence-electron chi connectivity index (χ4n) is 1.78. The van der Waals surface area contributed by atoms with E-state index in [9.17, 15) is 4.79 Å². The summed E-state index contributed by atoms with van der Waals surface area (Å²) >= 11 is 0. The fourth-order valence-corrected chi connectivity index (χ4v) is 1.78. The number of hydrogen-bond donors (Lipinski definition) is 0. The molecule has 0 aliphatic carbocycles. The largest absolute Gasteiger partial charge is 0.477 e. The lowest BCUT2D eigenvalue weighted by Gasteiger charge is -2.08. The van der Waals surface area contributed by atoms with Gasteiger partial charge in [-0.3, -0.25) is 4.79 Å². The molecule has 2 rings (SSSR count). The molecule has 0 saturated heterocycles. The molecule has 17 heavy (non-hydrogen) atoms. The number of hydrogen-bond acceptors (Lipinski definition) is 3. The van der Waals surface area contributed by atoms with E-state index in [1.54, 1.807) is 0 Å². The van der Waals surface area contributed by atoms with Gasteiger partial charge in [-0.25, -0.2) is 4.98 Å². The predicted octanol–water partition coefficient (Wildman–Crippen LogP) is 3.06. The van der Waals surface area contributed by atoms with Gasteiger partial charge < -0.3 is 4.74 Å². The molecule has 0 fully saturated rings. The van der Waals surface area contributed by atoms with Crippen LogP contribution >= 0.6 is 0 Å². The van der Waals surface area contributed by atoms with Gasteiger partial charge in [0.2, 0.25) is 5.88 Å². The van der Waals surface area contributed by atoms with Crippen LogP contribution in [-0.2, 0) is 0 Å². The Morgan fingerprint density at radius 3 is 2.59 bits per heavy atom. The maximum absolute atomic E-state index is 11.0. The smallest absolute Gasteiger partial charge is 0.224 e. The minimum Gasteiger partial charge on any atom is -0.477 e. The number of benzene rings is 1. The maximum atomic E-state index is 11.0. The van der Waals surface area contributed by atoms with Gasteiger partial charge in [0.05, 0.1) is 17.7 Å². The first kappa shape index (κ1) is 11.6. The van der Waals surface area contributed by atoms with E-state index in [1.807, 2.05) is 39.0 Å². The van der Waals surface area contributed by atoms with Crippen molar-refractivity contribution in [3.8, 4) is 5.88 Å². The Labute approximate surface area is 100 Å². The van der Waals surface area contributed by atoms with Crippen molar-refractivity contribution >= 4 is 17.2 Å². The molecule has 2 aromatic rings.